The van der Waals surface area contributed by atoms with E-state index in [2.05, 4.69) is 49.6 Å². The lowest BCUT2D eigenvalue weighted by molar-refractivity contribution is 0.312. The SMILES string of the molecule is CN=C(NCc1ccnc(N2CCN(C)CC2)c1)NCC1CC1.I. The van der Waals surface area contributed by atoms with Crippen LogP contribution in [-0.4, -0.2) is 62.7 Å². The largest absolute Gasteiger partial charge is 0.356 e. The van der Waals surface area contributed by atoms with Gasteiger partial charge in [-0.25, -0.2) is 4.98 Å². The number of aromatic nitrogens is 1. The van der Waals surface area contributed by atoms with Crippen molar-refractivity contribution >= 4 is 35.8 Å². The van der Waals surface area contributed by atoms with E-state index in [1.165, 1.54) is 18.4 Å². The van der Waals surface area contributed by atoms with Crippen LogP contribution in [0.5, 0.6) is 0 Å². The number of likely N-dealkylation sites (N-methyl/N-ethyl adjacent to an activating group) is 1. The van der Waals surface area contributed by atoms with E-state index >= 15 is 0 Å². The van der Waals surface area contributed by atoms with Crippen molar-refractivity contribution in [1.82, 2.24) is 20.5 Å². The molecule has 1 aromatic rings. The van der Waals surface area contributed by atoms with Crippen molar-refractivity contribution in [2.45, 2.75) is 19.4 Å². The zero-order valence-corrected chi connectivity index (χ0v) is 17.0. The highest BCUT2D eigenvalue weighted by atomic mass is 127. The number of nitrogens with one attached hydrogen (secondary N) is 2. The number of pyridine rings is 1. The van der Waals surface area contributed by atoms with Crippen LogP contribution in [0.15, 0.2) is 23.3 Å². The minimum Gasteiger partial charge on any atom is -0.356 e. The second-order valence-electron chi connectivity index (χ2n) is 6.56. The molecule has 1 aliphatic carbocycles. The lowest BCUT2D eigenvalue weighted by atomic mass is 10.2. The van der Waals surface area contributed by atoms with Gasteiger partial charge in [0.2, 0.25) is 0 Å². The van der Waals surface area contributed by atoms with Gasteiger partial charge in [-0.15, -0.1) is 24.0 Å². The maximum absolute atomic E-state index is 4.54. The van der Waals surface area contributed by atoms with Crippen molar-refractivity contribution < 1.29 is 0 Å². The van der Waals surface area contributed by atoms with Crippen LogP contribution >= 0.6 is 24.0 Å². The fourth-order valence-electron chi connectivity index (χ4n) is 2.75. The Morgan fingerprint density at radius 1 is 1.25 bits per heavy atom. The average molecular weight is 444 g/mol. The summed E-state index contributed by atoms with van der Waals surface area (Å²) in [5.74, 6) is 2.81. The van der Waals surface area contributed by atoms with Crippen LogP contribution in [0.4, 0.5) is 5.82 Å². The van der Waals surface area contributed by atoms with Crippen LogP contribution in [0.25, 0.3) is 0 Å². The smallest absolute Gasteiger partial charge is 0.191 e. The standard InChI is InChI=1S/C17H28N6.HI/c1-18-17(20-12-14-3-4-14)21-13-15-5-6-19-16(11-15)23-9-7-22(2)8-10-23;/h5-6,11,14H,3-4,7-10,12-13H2,1-2H3,(H2,18,20,21);1H. The molecule has 2 aliphatic rings. The summed E-state index contributed by atoms with van der Waals surface area (Å²) in [6.07, 6.45) is 4.61. The predicted molar refractivity (Wildman–Crippen MR) is 110 cm³/mol. The number of piperazine rings is 1. The van der Waals surface area contributed by atoms with E-state index in [1.807, 2.05) is 13.2 Å². The summed E-state index contributed by atoms with van der Waals surface area (Å²) in [4.78, 5) is 13.5. The molecule has 0 radical (unpaired) electrons. The molecule has 7 heteroatoms. The van der Waals surface area contributed by atoms with Crippen molar-refractivity contribution in [3.63, 3.8) is 0 Å². The van der Waals surface area contributed by atoms with Gasteiger partial charge >= 0.3 is 0 Å². The van der Waals surface area contributed by atoms with Gasteiger partial charge in [-0.1, -0.05) is 0 Å². The molecule has 2 fully saturated rings. The summed E-state index contributed by atoms with van der Waals surface area (Å²) < 4.78 is 0. The minimum atomic E-state index is 0. The molecule has 1 aliphatic heterocycles. The van der Waals surface area contributed by atoms with E-state index < -0.39 is 0 Å². The van der Waals surface area contributed by atoms with E-state index in [0.717, 1.165) is 57.0 Å². The molecule has 2 N–H and O–H groups in total. The van der Waals surface area contributed by atoms with Crippen LogP contribution < -0.4 is 15.5 Å². The number of rotatable bonds is 5. The topological polar surface area (TPSA) is 55.8 Å². The Kier molecular flexibility index (Phi) is 7.54. The molecule has 0 atom stereocenters. The Balaban J connectivity index is 0.00000208. The number of hydrogen-bond acceptors (Lipinski definition) is 4. The number of hydrogen-bond donors (Lipinski definition) is 2. The van der Waals surface area contributed by atoms with Crippen LogP contribution in [0, 0.1) is 5.92 Å². The number of halogens is 1. The van der Waals surface area contributed by atoms with Crippen LogP contribution in [-0.2, 0) is 6.54 Å². The third-order valence-electron chi connectivity index (χ3n) is 4.58. The zero-order valence-electron chi connectivity index (χ0n) is 14.7. The molecule has 0 amide bonds. The first kappa shape index (κ1) is 19.2. The fourth-order valence-corrected chi connectivity index (χ4v) is 2.75. The molecule has 1 saturated heterocycles. The van der Waals surface area contributed by atoms with Gasteiger partial charge in [0.1, 0.15) is 5.82 Å². The summed E-state index contributed by atoms with van der Waals surface area (Å²) in [6, 6.07) is 4.26. The summed E-state index contributed by atoms with van der Waals surface area (Å²) in [5.41, 5.74) is 1.24. The van der Waals surface area contributed by atoms with Gasteiger partial charge in [-0.2, -0.15) is 0 Å². The average Bonchev–Trinajstić information content (AvgIpc) is 3.40. The summed E-state index contributed by atoms with van der Waals surface area (Å²) in [6.45, 7) is 6.09. The number of guanidine groups is 1. The highest BCUT2D eigenvalue weighted by molar-refractivity contribution is 14.0. The van der Waals surface area contributed by atoms with Gasteiger partial charge in [-0.3, -0.25) is 4.99 Å². The fraction of sp³-hybridized carbons (Fsp3) is 0.647. The molecule has 1 saturated carbocycles. The second kappa shape index (κ2) is 9.41. The lowest BCUT2D eigenvalue weighted by Crippen LogP contribution is -2.44. The monoisotopic (exact) mass is 444 g/mol. The molecule has 0 aromatic carbocycles. The van der Waals surface area contributed by atoms with Gasteiger partial charge < -0.3 is 20.4 Å². The minimum absolute atomic E-state index is 0. The van der Waals surface area contributed by atoms with Crippen molar-refractivity contribution in [3.8, 4) is 0 Å². The second-order valence-corrected chi connectivity index (χ2v) is 6.56. The summed E-state index contributed by atoms with van der Waals surface area (Å²) in [7, 11) is 4.00. The number of nitrogens with zero attached hydrogens (tertiary/aromatic N) is 4. The molecule has 0 bridgehead atoms. The Bertz CT molecular complexity index is 538. The van der Waals surface area contributed by atoms with E-state index in [9.17, 15) is 0 Å². The van der Waals surface area contributed by atoms with Crippen LogP contribution in [0.3, 0.4) is 0 Å². The molecular weight excluding hydrogens is 415 g/mol. The van der Waals surface area contributed by atoms with Crippen molar-refractivity contribution in [3.05, 3.63) is 23.9 Å². The van der Waals surface area contributed by atoms with Gasteiger partial charge in [0.25, 0.3) is 0 Å². The quantitative estimate of drug-likeness (QED) is 0.410. The van der Waals surface area contributed by atoms with Gasteiger partial charge in [0, 0.05) is 52.5 Å². The van der Waals surface area contributed by atoms with Crippen LogP contribution in [0.2, 0.25) is 0 Å². The number of aliphatic imine (C=N–C) groups is 1. The molecule has 0 unspecified atom stereocenters. The maximum atomic E-state index is 4.54. The third-order valence-corrected chi connectivity index (χ3v) is 4.58. The van der Waals surface area contributed by atoms with Crippen LogP contribution in [0.1, 0.15) is 18.4 Å². The summed E-state index contributed by atoms with van der Waals surface area (Å²) in [5, 5.41) is 6.78. The first-order valence-corrected chi connectivity index (χ1v) is 8.57. The van der Waals surface area contributed by atoms with E-state index in [-0.39, 0.29) is 24.0 Å². The molecule has 134 valence electrons. The third kappa shape index (κ3) is 5.77. The van der Waals surface area contributed by atoms with Gasteiger partial charge in [0.15, 0.2) is 5.96 Å². The molecule has 24 heavy (non-hydrogen) atoms. The maximum Gasteiger partial charge on any atom is 0.191 e. The first-order valence-electron chi connectivity index (χ1n) is 8.57. The Labute approximate surface area is 162 Å². The molecule has 3 rings (SSSR count). The van der Waals surface area contributed by atoms with Gasteiger partial charge in [0.05, 0.1) is 0 Å². The van der Waals surface area contributed by atoms with Gasteiger partial charge in [-0.05, 0) is 43.5 Å². The molecule has 1 aromatic heterocycles. The van der Waals surface area contributed by atoms with E-state index in [0.29, 0.717) is 0 Å². The number of anilines is 1. The highest BCUT2D eigenvalue weighted by Crippen LogP contribution is 2.27. The Morgan fingerprint density at radius 2 is 2.00 bits per heavy atom. The highest BCUT2D eigenvalue weighted by Gasteiger charge is 2.21. The molecular formula is C17H29IN6. The zero-order chi connectivity index (χ0) is 16.1. The normalized spacial score (nSPS) is 18.9. The first-order chi connectivity index (χ1) is 11.2. The lowest BCUT2D eigenvalue weighted by Gasteiger charge is -2.33. The van der Waals surface area contributed by atoms with E-state index in [4.69, 9.17) is 0 Å². The summed E-state index contributed by atoms with van der Waals surface area (Å²) >= 11 is 0. The van der Waals surface area contributed by atoms with Crippen molar-refractivity contribution in [2.75, 3.05) is 51.7 Å². The van der Waals surface area contributed by atoms with E-state index in [1.54, 1.807) is 0 Å². The molecule has 6 nitrogen and oxygen atoms in total. The predicted octanol–water partition coefficient (Wildman–Crippen LogP) is 1.53. The van der Waals surface area contributed by atoms with Crippen molar-refractivity contribution in [2.24, 2.45) is 10.9 Å². The Hall–Kier alpha value is -1.09. The Morgan fingerprint density at radius 3 is 2.67 bits per heavy atom. The molecule has 2 heterocycles. The molecule has 0 spiro atoms. The van der Waals surface area contributed by atoms with Crippen molar-refractivity contribution in [1.29, 1.82) is 0 Å².